The van der Waals surface area contributed by atoms with Gasteiger partial charge in [0.05, 0.1) is 0 Å². The first kappa shape index (κ1) is 14.3. The van der Waals surface area contributed by atoms with Gasteiger partial charge in [0, 0.05) is 12.6 Å². The first-order valence-corrected chi connectivity index (χ1v) is 6.58. The summed E-state index contributed by atoms with van der Waals surface area (Å²) in [5.74, 6) is 0. The van der Waals surface area contributed by atoms with Gasteiger partial charge in [0.1, 0.15) is 5.60 Å². The van der Waals surface area contributed by atoms with Crippen molar-refractivity contribution < 1.29 is 9.53 Å². The minimum absolute atomic E-state index is 0.149. The van der Waals surface area contributed by atoms with Gasteiger partial charge in [-0.1, -0.05) is 20.8 Å². The minimum atomic E-state index is -0.397. The first-order chi connectivity index (χ1) is 7.58. The van der Waals surface area contributed by atoms with Crippen LogP contribution in [0.3, 0.4) is 0 Å². The lowest BCUT2D eigenvalue weighted by Crippen LogP contribution is -2.41. The quantitative estimate of drug-likeness (QED) is 0.698. The van der Waals surface area contributed by atoms with E-state index in [9.17, 15) is 4.79 Å². The van der Waals surface area contributed by atoms with Crippen molar-refractivity contribution in [2.24, 2.45) is 5.41 Å². The molecular weight excluding hydrogens is 214 g/mol. The Kier molecular flexibility index (Phi) is 4.11. The van der Waals surface area contributed by atoms with E-state index >= 15 is 0 Å². The molecule has 3 heteroatoms. The minimum Gasteiger partial charge on any atom is -0.444 e. The summed E-state index contributed by atoms with van der Waals surface area (Å²) < 4.78 is 5.45. The summed E-state index contributed by atoms with van der Waals surface area (Å²) >= 11 is 0. The van der Waals surface area contributed by atoms with Crippen molar-refractivity contribution in [3.05, 3.63) is 0 Å². The molecule has 0 radical (unpaired) electrons. The van der Waals surface area contributed by atoms with E-state index in [0.717, 1.165) is 25.8 Å². The van der Waals surface area contributed by atoms with Crippen LogP contribution >= 0.6 is 0 Å². The Bertz CT molecular complexity index is 273. The van der Waals surface area contributed by atoms with Gasteiger partial charge < -0.3 is 9.64 Å². The van der Waals surface area contributed by atoms with Gasteiger partial charge in [-0.25, -0.2) is 4.79 Å². The van der Waals surface area contributed by atoms with Gasteiger partial charge in [0.2, 0.25) is 0 Å². The third-order valence-electron chi connectivity index (χ3n) is 2.85. The number of nitrogens with zero attached hydrogens (tertiary/aromatic N) is 1. The molecule has 0 saturated carbocycles. The zero-order valence-corrected chi connectivity index (χ0v) is 12.2. The highest BCUT2D eigenvalue weighted by atomic mass is 16.6. The highest BCUT2D eigenvalue weighted by Crippen LogP contribution is 2.30. The van der Waals surface area contributed by atoms with Crippen LogP contribution in [0.25, 0.3) is 0 Å². The fourth-order valence-corrected chi connectivity index (χ4v) is 2.32. The van der Waals surface area contributed by atoms with Crippen LogP contribution in [0.4, 0.5) is 4.79 Å². The predicted molar refractivity (Wildman–Crippen MR) is 70.0 cm³/mol. The van der Waals surface area contributed by atoms with Gasteiger partial charge in [-0.2, -0.15) is 0 Å². The fraction of sp³-hybridized carbons (Fsp3) is 0.929. The van der Waals surface area contributed by atoms with Gasteiger partial charge in [-0.3, -0.25) is 0 Å². The van der Waals surface area contributed by atoms with Crippen LogP contribution in [-0.2, 0) is 4.74 Å². The number of amides is 1. The summed E-state index contributed by atoms with van der Waals surface area (Å²) in [5.41, 5.74) is -0.138. The average molecular weight is 241 g/mol. The molecule has 1 aliphatic rings. The monoisotopic (exact) mass is 241 g/mol. The third kappa shape index (κ3) is 4.97. The van der Waals surface area contributed by atoms with Crippen LogP contribution < -0.4 is 0 Å². The van der Waals surface area contributed by atoms with Crippen molar-refractivity contribution in [3.8, 4) is 0 Å². The normalized spacial score (nSPS) is 21.8. The van der Waals surface area contributed by atoms with Crippen LogP contribution in [0.5, 0.6) is 0 Å². The van der Waals surface area contributed by atoms with E-state index < -0.39 is 5.60 Å². The first-order valence-electron chi connectivity index (χ1n) is 6.58. The molecule has 0 unspecified atom stereocenters. The summed E-state index contributed by atoms with van der Waals surface area (Å²) in [5, 5.41) is 0. The lowest BCUT2D eigenvalue weighted by atomic mass is 9.87. The van der Waals surface area contributed by atoms with Crippen LogP contribution in [0.2, 0.25) is 0 Å². The molecule has 0 aromatic rings. The van der Waals surface area contributed by atoms with Crippen LogP contribution in [-0.4, -0.2) is 29.2 Å². The van der Waals surface area contributed by atoms with E-state index in [1.165, 1.54) is 0 Å². The second kappa shape index (κ2) is 4.87. The van der Waals surface area contributed by atoms with Crippen LogP contribution in [0, 0.1) is 5.41 Å². The van der Waals surface area contributed by atoms with E-state index in [1.807, 2.05) is 25.7 Å². The average Bonchev–Trinajstić information content (AvgIpc) is 2.45. The van der Waals surface area contributed by atoms with E-state index in [0.29, 0.717) is 6.04 Å². The van der Waals surface area contributed by atoms with E-state index in [4.69, 9.17) is 4.74 Å². The van der Waals surface area contributed by atoms with Crippen molar-refractivity contribution in [2.45, 2.75) is 72.4 Å². The predicted octanol–water partition coefficient (Wildman–Crippen LogP) is 3.82. The topological polar surface area (TPSA) is 29.5 Å². The number of hydrogen-bond donors (Lipinski definition) is 0. The molecule has 0 bridgehead atoms. The van der Waals surface area contributed by atoms with Crippen LogP contribution in [0.1, 0.15) is 60.8 Å². The molecule has 0 N–H and O–H groups in total. The maximum atomic E-state index is 12.1. The molecule has 1 saturated heterocycles. The van der Waals surface area contributed by atoms with E-state index in [1.54, 1.807) is 0 Å². The molecule has 0 aromatic carbocycles. The van der Waals surface area contributed by atoms with E-state index in [-0.39, 0.29) is 11.5 Å². The molecule has 0 aliphatic carbocycles. The highest BCUT2D eigenvalue weighted by Gasteiger charge is 2.34. The Balaban J connectivity index is 2.60. The molecule has 1 fully saturated rings. The summed E-state index contributed by atoms with van der Waals surface area (Å²) in [6.45, 7) is 13.3. The van der Waals surface area contributed by atoms with Gasteiger partial charge in [0.15, 0.2) is 0 Å². The van der Waals surface area contributed by atoms with Crippen molar-refractivity contribution in [1.82, 2.24) is 4.90 Å². The largest absolute Gasteiger partial charge is 0.444 e. The molecular formula is C14H27NO2. The summed E-state index contributed by atoms with van der Waals surface area (Å²) in [6, 6.07) is 0.352. The SMILES string of the molecule is CC(C)(C)C[C@H]1CCCN1C(=O)OC(C)(C)C. The molecule has 1 rings (SSSR count). The second-order valence-corrected chi connectivity index (χ2v) is 7.23. The van der Waals surface area contributed by atoms with Gasteiger partial charge in [0.25, 0.3) is 0 Å². The highest BCUT2D eigenvalue weighted by molar-refractivity contribution is 5.68. The molecule has 1 amide bonds. The van der Waals surface area contributed by atoms with E-state index in [2.05, 4.69) is 20.8 Å². The molecule has 0 aromatic heterocycles. The van der Waals surface area contributed by atoms with Gasteiger partial charge in [-0.15, -0.1) is 0 Å². The zero-order valence-electron chi connectivity index (χ0n) is 12.2. The van der Waals surface area contributed by atoms with Gasteiger partial charge in [-0.05, 0) is 45.4 Å². The number of carbonyl (C=O) groups excluding carboxylic acids is 1. The Morgan fingerprint density at radius 3 is 2.29 bits per heavy atom. The Hall–Kier alpha value is -0.730. The van der Waals surface area contributed by atoms with Crippen molar-refractivity contribution in [3.63, 3.8) is 0 Å². The maximum absolute atomic E-state index is 12.1. The van der Waals surface area contributed by atoms with Crippen molar-refractivity contribution >= 4 is 6.09 Å². The lowest BCUT2D eigenvalue weighted by Gasteiger charge is -2.32. The number of ether oxygens (including phenoxy) is 1. The molecule has 1 atom stereocenters. The fourth-order valence-electron chi connectivity index (χ4n) is 2.32. The number of hydrogen-bond acceptors (Lipinski definition) is 2. The molecule has 0 spiro atoms. The third-order valence-corrected chi connectivity index (χ3v) is 2.85. The standard InChI is InChI=1S/C14H27NO2/c1-13(2,3)10-11-8-7-9-15(11)12(16)17-14(4,5)6/h11H,7-10H2,1-6H3/t11-/m1/s1. The molecule has 1 aliphatic heterocycles. The maximum Gasteiger partial charge on any atom is 0.410 e. The van der Waals surface area contributed by atoms with Gasteiger partial charge >= 0.3 is 6.09 Å². The molecule has 100 valence electrons. The summed E-state index contributed by atoms with van der Waals surface area (Å²) in [6.07, 6.45) is 3.10. The molecule has 17 heavy (non-hydrogen) atoms. The number of rotatable bonds is 1. The number of carbonyl (C=O) groups is 1. The van der Waals surface area contributed by atoms with Crippen LogP contribution in [0.15, 0.2) is 0 Å². The number of likely N-dealkylation sites (tertiary alicyclic amines) is 1. The van der Waals surface area contributed by atoms with Crippen molar-refractivity contribution in [2.75, 3.05) is 6.54 Å². The Labute approximate surface area is 106 Å². The Morgan fingerprint density at radius 2 is 1.82 bits per heavy atom. The molecule has 3 nitrogen and oxygen atoms in total. The second-order valence-electron chi connectivity index (χ2n) is 7.23. The molecule has 1 heterocycles. The summed E-state index contributed by atoms with van der Waals surface area (Å²) in [4.78, 5) is 14.0. The Morgan fingerprint density at radius 1 is 1.24 bits per heavy atom. The lowest BCUT2D eigenvalue weighted by molar-refractivity contribution is 0.0197. The smallest absolute Gasteiger partial charge is 0.410 e. The zero-order chi connectivity index (χ0) is 13.3. The summed E-state index contributed by atoms with van der Waals surface area (Å²) in [7, 11) is 0. The van der Waals surface area contributed by atoms with Crippen molar-refractivity contribution in [1.29, 1.82) is 0 Å².